The molecule has 1 fully saturated rings. The van der Waals surface area contributed by atoms with Gasteiger partial charge in [0.15, 0.2) is 0 Å². The van der Waals surface area contributed by atoms with Crippen LogP contribution in [0.3, 0.4) is 0 Å². The zero-order valence-electron chi connectivity index (χ0n) is 18.1. The van der Waals surface area contributed by atoms with Gasteiger partial charge in [-0.2, -0.15) is 0 Å². The van der Waals surface area contributed by atoms with E-state index in [2.05, 4.69) is 5.32 Å². The van der Waals surface area contributed by atoms with Crippen LogP contribution in [-0.2, 0) is 17.9 Å². The van der Waals surface area contributed by atoms with E-state index in [-0.39, 0.29) is 18.3 Å². The number of carbonyl (C=O) groups is 1. The number of carbonyl (C=O) groups excluding carboxylic acids is 1. The van der Waals surface area contributed by atoms with Gasteiger partial charge in [-0.25, -0.2) is 14.2 Å². The number of aliphatic hydroxyl groups excluding tert-OH is 1. The van der Waals surface area contributed by atoms with E-state index in [9.17, 15) is 14.3 Å². The van der Waals surface area contributed by atoms with Gasteiger partial charge in [0.2, 0.25) is 0 Å². The van der Waals surface area contributed by atoms with Crippen molar-refractivity contribution in [3.05, 3.63) is 82.8 Å². The van der Waals surface area contributed by atoms with E-state index in [0.29, 0.717) is 40.3 Å². The minimum absolute atomic E-state index is 0.133. The Kier molecular flexibility index (Phi) is 6.81. The van der Waals surface area contributed by atoms with Gasteiger partial charge in [-0.1, -0.05) is 55.3 Å². The molecule has 0 bridgehead atoms. The summed E-state index contributed by atoms with van der Waals surface area (Å²) in [5.74, 6) is -0.201. The molecule has 3 aromatic rings. The highest BCUT2D eigenvalue weighted by molar-refractivity contribution is 6.00. The number of hydrogen-bond acceptors (Lipinski definition) is 5. The Morgan fingerprint density at radius 1 is 1.12 bits per heavy atom. The van der Waals surface area contributed by atoms with Crippen LogP contribution in [0, 0.1) is 5.82 Å². The van der Waals surface area contributed by atoms with E-state index in [0.717, 1.165) is 31.2 Å². The number of nitrogens with one attached hydrogen (secondary N) is 1. The summed E-state index contributed by atoms with van der Waals surface area (Å²) in [4.78, 5) is 17.8. The molecule has 2 N–H and O–H groups in total. The van der Waals surface area contributed by atoms with Crippen molar-refractivity contribution < 1.29 is 19.0 Å². The highest BCUT2D eigenvalue weighted by Gasteiger charge is 2.31. The molecule has 2 aromatic carbocycles. The van der Waals surface area contributed by atoms with Gasteiger partial charge in [-0.15, -0.1) is 0 Å². The SMILES string of the molecule is COC(=O)c1c(C2CCCC2)nc(NCc2ccccc2)c(CO)c1-c1ccc(F)cc1. The molecule has 1 aromatic heterocycles. The van der Waals surface area contributed by atoms with Gasteiger partial charge in [0.05, 0.1) is 25.0 Å². The fourth-order valence-electron chi connectivity index (χ4n) is 4.46. The summed E-state index contributed by atoms with van der Waals surface area (Å²) in [6, 6.07) is 15.8. The number of halogens is 1. The molecule has 1 heterocycles. The minimum Gasteiger partial charge on any atom is -0.465 e. The zero-order valence-corrected chi connectivity index (χ0v) is 18.1. The Morgan fingerprint density at radius 3 is 2.44 bits per heavy atom. The highest BCUT2D eigenvalue weighted by Crippen LogP contribution is 2.41. The minimum atomic E-state index is -0.497. The third-order valence-corrected chi connectivity index (χ3v) is 6.05. The van der Waals surface area contributed by atoms with Gasteiger partial charge in [0.1, 0.15) is 11.6 Å². The van der Waals surface area contributed by atoms with Crippen molar-refractivity contribution in [2.75, 3.05) is 12.4 Å². The van der Waals surface area contributed by atoms with Crippen molar-refractivity contribution in [1.82, 2.24) is 4.98 Å². The smallest absolute Gasteiger partial charge is 0.340 e. The second-order valence-corrected chi connectivity index (χ2v) is 8.05. The van der Waals surface area contributed by atoms with E-state index in [1.54, 1.807) is 12.1 Å². The normalized spacial score (nSPS) is 13.8. The summed E-state index contributed by atoms with van der Waals surface area (Å²) in [7, 11) is 1.34. The molecule has 0 saturated heterocycles. The predicted octanol–water partition coefficient (Wildman–Crippen LogP) is 5.44. The van der Waals surface area contributed by atoms with Crippen molar-refractivity contribution in [2.45, 2.75) is 44.8 Å². The molecule has 166 valence electrons. The van der Waals surface area contributed by atoms with Crippen molar-refractivity contribution in [3.8, 4) is 11.1 Å². The lowest BCUT2D eigenvalue weighted by atomic mass is 9.89. The Morgan fingerprint density at radius 2 is 1.81 bits per heavy atom. The maximum Gasteiger partial charge on any atom is 0.340 e. The van der Waals surface area contributed by atoms with E-state index >= 15 is 0 Å². The lowest BCUT2D eigenvalue weighted by molar-refractivity contribution is 0.0599. The first-order chi connectivity index (χ1) is 15.6. The molecule has 0 amide bonds. The average Bonchev–Trinajstić information content (AvgIpc) is 3.37. The van der Waals surface area contributed by atoms with Crippen molar-refractivity contribution >= 4 is 11.8 Å². The Hall–Kier alpha value is -3.25. The first kappa shape index (κ1) is 22.0. The van der Waals surface area contributed by atoms with Crippen LogP contribution >= 0.6 is 0 Å². The number of ether oxygens (including phenoxy) is 1. The molecule has 1 aliphatic rings. The summed E-state index contributed by atoms with van der Waals surface area (Å²) >= 11 is 0. The largest absolute Gasteiger partial charge is 0.465 e. The third kappa shape index (κ3) is 4.50. The van der Waals surface area contributed by atoms with Crippen molar-refractivity contribution in [2.24, 2.45) is 0 Å². The zero-order chi connectivity index (χ0) is 22.5. The average molecular weight is 435 g/mol. The Balaban J connectivity index is 1.91. The number of hydrogen-bond donors (Lipinski definition) is 2. The number of pyridine rings is 1. The van der Waals surface area contributed by atoms with Crippen LogP contribution in [0.5, 0.6) is 0 Å². The molecular formula is C26H27FN2O3. The molecule has 32 heavy (non-hydrogen) atoms. The molecule has 0 spiro atoms. The van der Waals surface area contributed by atoms with Crippen molar-refractivity contribution in [3.63, 3.8) is 0 Å². The monoisotopic (exact) mass is 434 g/mol. The number of aliphatic hydroxyl groups is 1. The lowest BCUT2D eigenvalue weighted by Crippen LogP contribution is -2.17. The molecule has 0 aliphatic heterocycles. The first-order valence-corrected chi connectivity index (χ1v) is 10.9. The molecule has 0 radical (unpaired) electrons. The van der Waals surface area contributed by atoms with E-state index in [1.807, 2.05) is 30.3 Å². The molecule has 1 aliphatic carbocycles. The van der Waals surface area contributed by atoms with Gasteiger partial charge in [-0.05, 0) is 36.1 Å². The standard InChI is InChI=1S/C26H27FN2O3/c1-32-26(31)23-22(18-11-13-20(27)14-12-18)21(16-30)25(28-15-17-7-3-2-4-8-17)29-24(23)19-9-5-6-10-19/h2-4,7-8,11-14,19,30H,5-6,9-10,15-16H2,1H3,(H,28,29). The van der Waals surface area contributed by atoms with Crippen LogP contribution in [0.25, 0.3) is 11.1 Å². The highest BCUT2D eigenvalue weighted by atomic mass is 19.1. The fourth-order valence-corrected chi connectivity index (χ4v) is 4.46. The number of aromatic nitrogens is 1. The summed E-state index contributed by atoms with van der Waals surface area (Å²) in [5.41, 5.74) is 3.80. The van der Waals surface area contributed by atoms with Crippen LogP contribution in [0.4, 0.5) is 10.2 Å². The van der Waals surface area contributed by atoms with Gasteiger partial charge in [0.25, 0.3) is 0 Å². The molecule has 1 saturated carbocycles. The summed E-state index contributed by atoms with van der Waals surface area (Å²) in [5, 5.41) is 13.7. The number of benzene rings is 2. The van der Waals surface area contributed by atoms with Gasteiger partial charge in [0, 0.05) is 23.6 Å². The number of anilines is 1. The van der Waals surface area contributed by atoms with Crippen LogP contribution in [0.15, 0.2) is 54.6 Å². The molecule has 0 unspecified atom stereocenters. The van der Waals surface area contributed by atoms with Crippen LogP contribution < -0.4 is 5.32 Å². The molecule has 0 atom stereocenters. The van der Waals surface area contributed by atoms with E-state index < -0.39 is 5.97 Å². The predicted molar refractivity (Wildman–Crippen MR) is 122 cm³/mol. The Labute approximate surface area is 187 Å². The molecule has 4 rings (SSSR count). The maximum atomic E-state index is 13.7. The van der Waals surface area contributed by atoms with Gasteiger partial charge < -0.3 is 15.2 Å². The van der Waals surface area contributed by atoms with Crippen LogP contribution in [-0.4, -0.2) is 23.2 Å². The first-order valence-electron chi connectivity index (χ1n) is 10.9. The van der Waals surface area contributed by atoms with Crippen LogP contribution in [0.2, 0.25) is 0 Å². The van der Waals surface area contributed by atoms with Crippen molar-refractivity contribution in [1.29, 1.82) is 0 Å². The number of esters is 1. The topological polar surface area (TPSA) is 71.5 Å². The lowest BCUT2D eigenvalue weighted by Gasteiger charge is -2.23. The second-order valence-electron chi connectivity index (χ2n) is 8.05. The summed E-state index contributed by atoms with van der Waals surface area (Å²) in [6.07, 6.45) is 4.04. The molecule has 6 heteroatoms. The van der Waals surface area contributed by atoms with Gasteiger partial charge >= 0.3 is 5.97 Å². The maximum absolute atomic E-state index is 13.7. The fraction of sp³-hybridized carbons (Fsp3) is 0.308. The number of methoxy groups -OCH3 is 1. The number of nitrogens with zero attached hydrogens (tertiary/aromatic N) is 1. The number of rotatable bonds is 7. The molecule has 5 nitrogen and oxygen atoms in total. The molecular weight excluding hydrogens is 407 g/mol. The second kappa shape index (κ2) is 9.92. The quantitative estimate of drug-likeness (QED) is 0.485. The van der Waals surface area contributed by atoms with E-state index in [4.69, 9.17) is 9.72 Å². The van der Waals surface area contributed by atoms with Crippen LogP contribution in [0.1, 0.15) is 58.8 Å². The summed E-state index contributed by atoms with van der Waals surface area (Å²) in [6.45, 7) is 0.192. The van der Waals surface area contributed by atoms with Gasteiger partial charge in [-0.3, -0.25) is 0 Å². The summed E-state index contributed by atoms with van der Waals surface area (Å²) < 4.78 is 18.8. The Bertz CT molecular complexity index is 1080. The third-order valence-electron chi connectivity index (χ3n) is 6.05. The van der Waals surface area contributed by atoms with E-state index in [1.165, 1.54) is 19.2 Å².